The number of aldehydes is 1. The summed E-state index contributed by atoms with van der Waals surface area (Å²) in [6.07, 6.45) is 2.27. The van der Waals surface area contributed by atoms with Crippen LogP contribution >= 0.6 is 12.6 Å². The molecule has 1 saturated heterocycles. The third kappa shape index (κ3) is 15.1. The Balaban J connectivity index is 2.24. The third-order valence-electron chi connectivity index (χ3n) is 8.40. The van der Waals surface area contributed by atoms with Crippen LogP contribution in [-0.2, 0) is 49.6 Å². The van der Waals surface area contributed by atoms with Gasteiger partial charge in [0, 0.05) is 25.6 Å². The molecule has 1 fully saturated rings. The zero-order chi connectivity index (χ0) is 40.2. The molecular weight excluding hydrogens is 726 g/mol. The number of carbonyl (C=O) groups excluding carboxylic acids is 9. The molecule has 8 amide bonds. The minimum absolute atomic E-state index is 0.100. The second-order valence-electron chi connectivity index (χ2n) is 12.7. The van der Waals surface area contributed by atoms with Crippen LogP contribution < -0.4 is 43.4 Å². The van der Waals surface area contributed by atoms with E-state index >= 15 is 0 Å². The fourth-order valence-corrected chi connectivity index (χ4v) is 5.81. The number of hydrogen-bond acceptors (Lipinski definition) is 12. The largest absolute Gasteiger partial charge is 0.394 e. The normalized spacial score (nSPS) is 16.4. The zero-order valence-electron chi connectivity index (χ0n) is 30.1. The van der Waals surface area contributed by atoms with Gasteiger partial charge in [-0.3, -0.25) is 38.4 Å². The highest BCUT2D eigenvalue weighted by Crippen LogP contribution is 2.18. The first-order valence-electron chi connectivity index (χ1n) is 17.5. The van der Waals surface area contributed by atoms with Crippen molar-refractivity contribution in [3.63, 3.8) is 0 Å². The number of nitrogens with two attached hydrogens (primary N) is 2. The van der Waals surface area contributed by atoms with Crippen molar-refractivity contribution in [3.05, 3.63) is 35.9 Å². The van der Waals surface area contributed by atoms with Crippen molar-refractivity contribution in [2.75, 3.05) is 32.0 Å². The highest BCUT2D eigenvalue weighted by molar-refractivity contribution is 7.80. The highest BCUT2D eigenvalue weighted by atomic mass is 32.1. The first kappa shape index (κ1) is 45.1. The maximum Gasteiger partial charge on any atom is 0.245 e. The van der Waals surface area contributed by atoms with E-state index < -0.39 is 103 Å². The van der Waals surface area contributed by atoms with Crippen LogP contribution in [0.2, 0.25) is 0 Å². The molecule has 0 spiro atoms. The minimum Gasteiger partial charge on any atom is -0.394 e. The molecule has 11 N–H and O–H groups in total. The van der Waals surface area contributed by atoms with Crippen molar-refractivity contribution in [1.29, 1.82) is 0 Å². The lowest BCUT2D eigenvalue weighted by Crippen LogP contribution is -2.61. The van der Waals surface area contributed by atoms with E-state index in [-0.39, 0.29) is 18.6 Å². The molecule has 6 atom stereocenters. The minimum atomic E-state index is -1.56. The van der Waals surface area contributed by atoms with Crippen LogP contribution in [0.1, 0.15) is 51.0 Å². The molecule has 2 rings (SSSR count). The van der Waals surface area contributed by atoms with E-state index in [0.29, 0.717) is 50.6 Å². The van der Waals surface area contributed by atoms with E-state index in [1.54, 1.807) is 30.3 Å². The molecule has 0 aromatic heterocycles. The lowest BCUT2D eigenvalue weighted by molar-refractivity contribution is -0.140. The Morgan fingerprint density at radius 2 is 1.46 bits per heavy atom. The van der Waals surface area contributed by atoms with Gasteiger partial charge in [0.15, 0.2) is 0 Å². The number of unbranched alkanes of at least 4 members (excludes halogenated alkanes) is 1. The van der Waals surface area contributed by atoms with E-state index in [1.807, 2.05) is 0 Å². The summed E-state index contributed by atoms with van der Waals surface area (Å²) in [5, 5.41) is 24.6. The maximum atomic E-state index is 13.7. The standard InChI is InChI=1S/C34H51N9O10S/c1-20(46)37-16-29(48)38-25(15-28(36)47)31(50)42-27(19-54)33(52)40-24(14-21-8-3-2-4-9-21)30(49)41-26(18-45)32(51)39-23(11-5-6-12-35)34(53)43-13-7-10-22(43)17-44/h2-4,8-9,17,22-27,45,54H,5-7,10-16,18-19,35H2,1H3,(H2,36,47)(H,37,46)(H,38,48)(H,39,51)(H,40,52)(H,41,49)(H,42,50)/t22-,23-,24-,25-,26-,27-/m0/s1. The number of benzene rings is 1. The van der Waals surface area contributed by atoms with Crippen LogP contribution in [0.5, 0.6) is 0 Å². The van der Waals surface area contributed by atoms with Crippen LogP contribution in [-0.4, -0.2) is 132 Å². The van der Waals surface area contributed by atoms with Gasteiger partial charge in [-0.15, -0.1) is 0 Å². The summed E-state index contributed by atoms with van der Waals surface area (Å²) in [6, 6.07) is 0.931. The van der Waals surface area contributed by atoms with E-state index in [4.69, 9.17) is 11.5 Å². The van der Waals surface area contributed by atoms with E-state index in [9.17, 15) is 48.3 Å². The molecule has 1 aliphatic heterocycles. The molecule has 1 aliphatic rings. The van der Waals surface area contributed by atoms with Gasteiger partial charge in [-0.05, 0) is 44.2 Å². The summed E-state index contributed by atoms with van der Waals surface area (Å²) in [7, 11) is 0. The molecule has 0 bridgehead atoms. The number of aliphatic hydroxyl groups excluding tert-OH is 1. The van der Waals surface area contributed by atoms with Gasteiger partial charge in [0.2, 0.25) is 47.3 Å². The zero-order valence-corrected chi connectivity index (χ0v) is 31.0. The molecular formula is C34H51N9O10S. The molecule has 1 aromatic rings. The maximum absolute atomic E-state index is 13.7. The van der Waals surface area contributed by atoms with E-state index in [0.717, 1.165) is 0 Å². The average Bonchev–Trinajstić information content (AvgIpc) is 3.63. The predicted molar refractivity (Wildman–Crippen MR) is 197 cm³/mol. The van der Waals surface area contributed by atoms with Crippen LogP contribution in [0.3, 0.4) is 0 Å². The van der Waals surface area contributed by atoms with E-state index in [2.05, 4.69) is 44.5 Å². The Morgan fingerprint density at radius 3 is 2.06 bits per heavy atom. The van der Waals surface area contributed by atoms with Crippen molar-refractivity contribution >= 4 is 66.2 Å². The molecule has 54 heavy (non-hydrogen) atoms. The van der Waals surface area contributed by atoms with Gasteiger partial charge < -0.3 is 58.2 Å². The van der Waals surface area contributed by atoms with Gasteiger partial charge in [-0.25, -0.2) is 0 Å². The summed E-state index contributed by atoms with van der Waals surface area (Å²) in [5.41, 5.74) is 11.4. The number of thiol groups is 1. The van der Waals surface area contributed by atoms with Gasteiger partial charge in [-0.1, -0.05) is 30.3 Å². The number of nitrogens with one attached hydrogen (secondary N) is 6. The van der Waals surface area contributed by atoms with Crippen LogP contribution in [0.15, 0.2) is 30.3 Å². The molecule has 20 heteroatoms. The summed E-state index contributed by atoms with van der Waals surface area (Å²) >= 11 is 4.14. The Labute approximate surface area is 318 Å². The Bertz CT molecular complexity index is 1480. The Morgan fingerprint density at radius 1 is 0.870 bits per heavy atom. The smallest absolute Gasteiger partial charge is 0.245 e. The third-order valence-corrected chi connectivity index (χ3v) is 8.77. The monoisotopic (exact) mass is 777 g/mol. The number of primary amides is 1. The first-order valence-corrected chi connectivity index (χ1v) is 18.1. The fourth-order valence-electron chi connectivity index (χ4n) is 5.56. The fraction of sp³-hybridized carbons (Fsp3) is 0.559. The Hall–Kier alpha value is -5.08. The molecule has 1 heterocycles. The number of aliphatic hydroxyl groups is 1. The molecule has 19 nitrogen and oxygen atoms in total. The van der Waals surface area contributed by atoms with Gasteiger partial charge in [-0.2, -0.15) is 12.6 Å². The van der Waals surface area contributed by atoms with Crippen molar-refractivity contribution in [3.8, 4) is 0 Å². The number of rotatable bonds is 23. The molecule has 0 aliphatic carbocycles. The van der Waals surface area contributed by atoms with Crippen LogP contribution in [0.4, 0.5) is 0 Å². The first-order chi connectivity index (χ1) is 25.7. The lowest BCUT2D eigenvalue weighted by Gasteiger charge is -2.29. The summed E-state index contributed by atoms with van der Waals surface area (Å²) < 4.78 is 0. The quantitative estimate of drug-likeness (QED) is 0.0289. The Kier molecular flexibility index (Phi) is 19.7. The topological polar surface area (TPSA) is 301 Å². The van der Waals surface area contributed by atoms with Crippen molar-refractivity contribution in [2.45, 2.75) is 88.1 Å². The van der Waals surface area contributed by atoms with Gasteiger partial charge >= 0.3 is 0 Å². The number of carbonyl (C=O) groups is 9. The molecule has 0 radical (unpaired) electrons. The average molecular weight is 778 g/mol. The molecule has 1 aromatic carbocycles. The van der Waals surface area contributed by atoms with E-state index in [1.165, 1.54) is 11.8 Å². The molecule has 0 unspecified atom stereocenters. The van der Waals surface area contributed by atoms with Crippen molar-refractivity contribution in [2.24, 2.45) is 11.5 Å². The summed E-state index contributed by atoms with van der Waals surface area (Å²) in [4.78, 5) is 115. The second-order valence-corrected chi connectivity index (χ2v) is 13.0. The van der Waals surface area contributed by atoms with Gasteiger partial charge in [0.1, 0.15) is 36.5 Å². The molecule has 298 valence electrons. The number of nitrogens with zero attached hydrogens (tertiary/aromatic N) is 1. The SMILES string of the molecule is CC(=O)NCC(=O)N[C@@H](CC(N)=O)C(=O)N[C@@H](CS)C(=O)N[C@@H](Cc1ccccc1)C(=O)N[C@@H](CO)C(=O)N[C@@H](CCCCN)C(=O)N1CCC[C@H]1C=O. The summed E-state index contributed by atoms with van der Waals surface area (Å²) in [6.45, 7) is 0.479. The predicted octanol–water partition coefficient (Wildman–Crippen LogP) is -4.09. The van der Waals surface area contributed by atoms with Gasteiger partial charge in [0.05, 0.1) is 25.6 Å². The molecule has 0 saturated carbocycles. The van der Waals surface area contributed by atoms with Crippen molar-refractivity contribution in [1.82, 2.24) is 36.8 Å². The second kappa shape index (κ2) is 23.6. The lowest BCUT2D eigenvalue weighted by atomic mass is 10.0. The number of amides is 8. The van der Waals surface area contributed by atoms with Crippen LogP contribution in [0.25, 0.3) is 0 Å². The van der Waals surface area contributed by atoms with Crippen LogP contribution in [0, 0.1) is 0 Å². The van der Waals surface area contributed by atoms with Gasteiger partial charge in [0.25, 0.3) is 0 Å². The number of likely N-dealkylation sites (tertiary alicyclic amines) is 1. The van der Waals surface area contributed by atoms with Crippen molar-refractivity contribution < 1.29 is 48.3 Å². The number of hydrogen-bond donors (Lipinski definition) is 10. The summed E-state index contributed by atoms with van der Waals surface area (Å²) in [5.74, 6) is -6.71. The highest BCUT2D eigenvalue weighted by Gasteiger charge is 2.36.